The molecule has 16 heteroatoms. The molecule has 2 atom stereocenters. The molecule has 8 rings (SSSR count). The topological polar surface area (TPSA) is 190 Å². The number of alkyl halides is 1. The lowest BCUT2D eigenvalue weighted by Crippen LogP contribution is -2.31. The van der Waals surface area contributed by atoms with Gasteiger partial charge in [0.2, 0.25) is 0 Å². The molecule has 0 bridgehead atoms. The monoisotopic (exact) mass is 1000 g/mol. The summed E-state index contributed by atoms with van der Waals surface area (Å²) in [7, 11) is 8.47. The highest BCUT2D eigenvalue weighted by Gasteiger charge is 2.30. The first kappa shape index (κ1) is 54.5. The van der Waals surface area contributed by atoms with Gasteiger partial charge >= 0.3 is 6.09 Å². The van der Waals surface area contributed by atoms with Gasteiger partial charge in [0, 0.05) is 43.3 Å². The molecule has 1 aliphatic carbocycles. The van der Waals surface area contributed by atoms with Crippen molar-refractivity contribution in [2.75, 3.05) is 82.6 Å². The number of carbonyl (C=O) groups is 3. The fraction of sp³-hybridized carbons (Fsp3) is 0.316. The van der Waals surface area contributed by atoms with Gasteiger partial charge in [0.1, 0.15) is 41.1 Å². The molecule has 6 N–H and O–H groups in total. The Balaban J connectivity index is 0.000000257. The fourth-order valence-electron chi connectivity index (χ4n) is 8.18. The fourth-order valence-corrected chi connectivity index (χ4v) is 8.18. The summed E-state index contributed by atoms with van der Waals surface area (Å²) in [5.74, 6) is 3.22. The maximum Gasteiger partial charge on any atom is 0.407 e. The van der Waals surface area contributed by atoms with E-state index >= 15 is 0 Å². The quantitative estimate of drug-likeness (QED) is 0.0586. The number of halogens is 1. The minimum atomic E-state index is -1.00. The van der Waals surface area contributed by atoms with Crippen molar-refractivity contribution in [1.82, 2.24) is 21.3 Å². The molecule has 15 nitrogen and oxygen atoms in total. The molecule has 1 saturated heterocycles. The van der Waals surface area contributed by atoms with Crippen LogP contribution in [0.25, 0.3) is 11.1 Å². The minimum Gasteiger partial charge on any atom is -0.497 e. The van der Waals surface area contributed by atoms with Gasteiger partial charge in [-0.05, 0) is 108 Å². The van der Waals surface area contributed by atoms with E-state index in [4.69, 9.17) is 40.3 Å². The predicted molar refractivity (Wildman–Crippen MR) is 281 cm³/mol. The molecule has 1 heterocycles. The number of hydrogen-bond acceptors (Lipinski definition) is 12. The summed E-state index contributed by atoms with van der Waals surface area (Å²) < 4.78 is 53.9. The lowest BCUT2D eigenvalue weighted by atomic mass is 9.97. The smallest absolute Gasteiger partial charge is 0.407 e. The van der Waals surface area contributed by atoms with E-state index in [1.165, 1.54) is 32.4 Å². The SMILES string of the molecule is C1CCNCC1.CNC(=O)COc1ccc(C(N)c2ccc(OC)cc2OC)cc1.CNC(=O)COc1ccc(C(NC(=O)OCC2c3ccccc3-c3ccccc32)c2ccc(OC)cc2OC)cc1.[2H]CF. The number of rotatable bonds is 17. The first-order valence-electron chi connectivity index (χ1n) is 24.5. The van der Waals surface area contributed by atoms with E-state index in [0.717, 1.165) is 44.5 Å². The van der Waals surface area contributed by atoms with Crippen molar-refractivity contribution in [3.63, 3.8) is 0 Å². The molecule has 0 radical (unpaired) electrons. The molecule has 6 aromatic carbocycles. The zero-order valence-corrected chi connectivity index (χ0v) is 42.3. The molecule has 1 fully saturated rings. The number of benzene rings is 6. The highest BCUT2D eigenvalue weighted by molar-refractivity contribution is 5.79. The summed E-state index contributed by atoms with van der Waals surface area (Å²) in [5, 5.41) is 11.3. The number of alkyl carbamates (subject to hydrolysis) is 1. The average molecular weight is 1000 g/mol. The molecule has 388 valence electrons. The molecular weight excluding hydrogens is 934 g/mol. The van der Waals surface area contributed by atoms with Crippen LogP contribution in [0.4, 0.5) is 9.18 Å². The van der Waals surface area contributed by atoms with Crippen LogP contribution < -0.4 is 55.4 Å². The van der Waals surface area contributed by atoms with E-state index in [1.54, 1.807) is 78.9 Å². The molecule has 0 saturated carbocycles. The molecule has 0 spiro atoms. The third kappa shape index (κ3) is 15.8. The lowest BCUT2D eigenvalue weighted by molar-refractivity contribution is -0.123. The Bertz CT molecular complexity index is 2630. The third-order valence-electron chi connectivity index (χ3n) is 12.1. The molecule has 2 unspecified atom stereocenters. The summed E-state index contributed by atoms with van der Waals surface area (Å²) >= 11 is 0. The predicted octanol–water partition coefficient (Wildman–Crippen LogP) is 8.68. The summed E-state index contributed by atoms with van der Waals surface area (Å²) in [6.45, 7) is 2.58. The van der Waals surface area contributed by atoms with Gasteiger partial charge in [0.05, 0.1) is 49.0 Å². The van der Waals surface area contributed by atoms with Crippen LogP contribution in [0.15, 0.2) is 133 Å². The number of hydrogen-bond donors (Lipinski definition) is 5. The van der Waals surface area contributed by atoms with Gasteiger partial charge in [-0.1, -0.05) is 79.2 Å². The Labute approximate surface area is 429 Å². The largest absolute Gasteiger partial charge is 0.497 e. The molecule has 73 heavy (non-hydrogen) atoms. The molecule has 0 aromatic heterocycles. The maximum absolute atomic E-state index is 13.3. The van der Waals surface area contributed by atoms with Crippen molar-refractivity contribution in [2.24, 2.45) is 5.73 Å². The Kier molecular flexibility index (Phi) is 22.0. The van der Waals surface area contributed by atoms with E-state index in [9.17, 15) is 18.8 Å². The molecule has 3 amide bonds. The van der Waals surface area contributed by atoms with Crippen molar-refractivity contribution in [2.45, 2.75) is 37.3 Å². The van der Waals surface area contributed by atoms with E-state index in [-0.39, 0.29) is 43.6 Å². The van der Waals surface area contributed by atoms with Crippen LogP contribution in [0.1, 0.15) is 72.0 Å². The van der Waals surface area contributed by atoms with Gasteiger partial charge in [-0.15, -0.1) is 0 Å². The second-order valence-corrected chi connectivity index (χ2v) is 16.5. The average Bonchev–Trinajstić information content (AvgIpc) is 3.78. The van der Waals surface area contributed by atoms with Crippen molar-refractivity contribution in [3.05, 3.63) is 167 Å². The van der Waals surface area contributed by atoms with Crippen molar-refractivity contribution in [3.8, 4) is 45.6 Å². The van der Waals surface area contributed by atoms with Gasteiger partial charge < -0.3 is 60.2 Å². The van der Waals surface area contributed by atoms with Crippen LogP contribution in [-0.2, 0) is 14.3 Å². The van der Waals surface area contributed by atoms with Gasteiger partial charge in [-0.3, -0.25) is 14.0 Å². The Morgan fingerprint density at radius 2 is 1.08 bits per heavy atom. The number of carbonyl (C=O) groups excluding carboxylic acids is 3. The second kappa shape index (κ2) is 29.5. The number of methoxy groups -OCH3 is 4. The summed E-state index contributed by atoms with van der Waals surface area (Å²) in [5.41, 5.74) is 14.2. The highest BCUT2D eigenvalue weighted by atomic mass is 19.1. The van der Waals surface area contributed by atoms with Crippen molar-refractivity contribution < 1.29 is 53.3 Å². The van der Waals surface area contributed by atoms with Crippen LogP contribution in [-0.4, -0.2) is 101 Å². The molecule has 1 aliphatic heterocycles. The number of ether oxygens (including phenoxy) is 7. The van der Waals surface area contributed by atoms with Crippen LogP contribution in [0.5, 0.6) is 34.5 Å². The van der Waals surface area contributed by atoms with E-state index in [1.807, 2.05) is 72.8 Å². The second-order valence-electron chi connectivity index (χ2n) is 16.5. The molecule has 2 aliphatic rings. The van der Waals surface area contributed by atoms with E-state index < -0.39 is 19.3 Å². The molecule has 6 aromatic rings. The Hall–Kier alpha value is -7.82. The van der Waals surface area contributed by atoms with Crippen LogP contribution >= 0.6 is 0 Å². The van der Waals surface area contributed by atoms with E-state index in [0.29, 0.717) is 34.5 Å². The molecular formula is C57H68FN5O10. The lowest BCUT2D eigenvalue weighted by Gasteiger charge is -2.23. The first-order valence-corrected chi connectivity index (χ1v) is 23.8. The highest BCUT2D eigenvalue weighted by Crippen LogP contribution is 2.44. The Morgan fingerprint density at radius 3 is 1.52 bits per heavy atom. The summed E-state index contributed by atoms with van der Waals surface area (Å²) in [6, 6.07) is 40.9. The zero-order chi connectivity index (χ0) is 53.2. The first-order chi connectivity index (χ1) is 36.0. The van der Waals surface area contributed by atoms with Gasteiger partial charge in [-0.25, -0.2) is 4.79 Å². The number of nitrogens with two attached hydrogens (primary N) is 1. The number of fused-ring (bicyclic) bond motifs is 3. The van der Waals surface area contributed by atoms with Gasteiger partial charge in [0.25, 0.3) is 11.8 Å². The normalized spacial score (nSPS) is 13.0. The van der Waals surface area contributed by atoms with Crippen molar-refractivity contribution >= 4 is 17.9 Å². The van der Waals surface area contributed by atoms with Crippen molar-refractivity contribution in [1.29, 1.82) is 0 Å². The van der Waals surface area contributed by atoms with Crippen LogP contribution in [0.3, 0.4) is 0 Å². The standard InChI is InChI=1S/C33H32N2O6.C18H22N2O4.C5H11N.CH3F/c1-34-31(36)20-40-22-14-12-21(13-15-22)32(28-17-16-23(38-2)18-30(28)39-3)35-33(37)41-19-29-26-10-6-4-8-24(26)25-9-5-7-11-27(25)29;1-20-17(21)11-24-13-6-4-12(5-7-13)18(19)15-9-8-14(22-2)10-16(15)23-3;1-2-4-6-5-3-1;1-2/h4-18,29,32H,19-20H2,1-3H3,(H,34,36)(H,35,37);4-10,18H,11,19H2,1-3H3,(H,20,21);6H,1-5H2;1H3/i;;;1D. The van der Waals surface area contributed by atoms with Crippen LogP contribution in [0.2, 0.25) is 0 Å². The van der Waals surface area contributed by atoms with Gasteiger partial charge in [-0.2, -0.15) is 0 Å². The van der Waals surface area contributed by atoms with Gasteiger partial charge in [0.15, 0.2) is 13.2 Å². The summed E-state index contributed by atoms with van der Waals surface area (Å²) in [4.78, 5) is 36.1. The number of nitrogens with one attached hydrogen (secondary N) is 4. The number of piperidine rings is 1. The Morgan fingerprint density at radius 1 is 0.630 bits per heavy atom. The maximum atomic E-state index is 13.3. The minimum absolute atomic E-state index is 0.0196. The zero-order valence-electron chi connectivity index (χ0n) is 43.3. The third-order valence-corrected chi connectivity index (χ3v) is 12.1. The number of likely N-dealkylation sites (N-methyl/N-ethyl adjacent to an activating group) is 2. The van der Waals surface area contributed by atoms with E-state index in [2.05, 4.69) is 45.5 Å². The number of amides is 3. The van der Waals surface area contributed by atoms with Crippen LogP contribution in [0, 0.1) is 0 Å². The summed E-state index contributed by atoms with van der Waals surface area (Å²) in [6.07, 6.45) is 3.65.